The number of rotatable bonds is 15. The molecule has 0 unspecified atom stereocenters. The molecule has 5 aromatic rings. The second kappa shape index (κ2) is 21.8. The molecule has 318 valence electrons. The Kier molecular flexibility index (Phi) is 16.1. The highest BCUT2D eigenvalue weighted by molar-refractivity contribution is 6.10. The van der Waals surface area contributed by atoms with Crippen LogP contribution in [-0.2, 0) is 14.3 Å². The highest BCUT2D eigenvalue weighted by atomic mass is 16.5. The second-order valence-electron chi connectivity index (χ2n) is 12.5. The predicted octanol–water partition coefficient (Wildman–Crippen LogP) is 5.84. The van der Waals surface area contributed by atoms with Crippen molar-refractivity contribution in [1.82, 2.24) is 5.32 Å². The molecule has 0 fully saturated rings. The standard InChI is InChI=1S/C42H37N5O12.C2H3N/c1-57-32(21-23-7-5-4-6-8-23)41(54)45-27-15-9-24(10-16-27)38(51)43-22-33(48)44-26-13-11-25(12-14-26)39(52)46-30-19-17-28(34(49)36(30)58-2)40(53)47-31-20-18-29(42(55)56)35(50)37(31)59-3;1-2-3/h4-21,49-50H,22H2,1-3H3,(H,43,51)(H,44,48)(H,45,54)(H,46,52)(H,47,53)(H,55,56);1H3/b32-21-;. The van der Waals surface area contributed by atoms with E-state index in [0.29, 0.717) is 11.4 Å². The van der Waals surface area contributed by atoms with Gasteiger partial charge in [-0.15, -0.1) is 0 Å². The number of amides is 5. The van der Waals surface area contributed by atoms with Gasteiger partial charge in [-0.3, -0.25) is 24.0 Å². The fraction of sp³-hybridized carbons (Fsp3) is 0.114. The summed E-state index contributed by atoms with van der Waals surface area (Å²) < 4.78 is 15.5. The molecule has 0 aliphatic heterocycles. The van der Waals surface area contributed by atoms with E-state index in [-0.39, 0.29) is 51.9 Å². The van der Waals surface area contributed by atoms with E-state index in [1.54, 1.807) is 12.1 Å². The van der Waals surface area contributed by atoms with Crippen molar-refractivity contribution >= 4 is 64.3 Å². The Morgan fingerprint density at radius 1 is 0.629 bits per heavy atom. The highest BCUT2D eigenvalue weighted by Gasteiger charge is 2.24. The fourth-order valence-electron chi connectivity index (χ4n) is 5.48. The lowest BCUT2D eigenvalue weighted by molar-refractivity contribution is -0.116. The normalized spacial score (nSPS) is 10.3. The van der Waals surface area contributed by atoms with Gasteiger partial charge < -0.3 is 56.1 Å². The minimum atomic E-state index is -1.42. The van der Waals surface area contributed by atoms with Gasteiger partial charge in [-0.1, -0.05) is 30.3 Å². The van der Waals surface area contributed by atoms with Gasteiger partial charge >= 0.3 is 5.97 Å². The summed E-state index contributed by atoms with van der Waals surface area (Å²) in [7, 11) is 3.76. The lowest BCUT2D eigenvalue weighted by Gasteiger charge is -2.16. The van der Waals surface area contributed by atoms with Gasteiger partial charge in [0.25, 0.3) is 23.6 Å². The number of methoxy groups -OCH3 is 3. The summed E-state index contributed by atoms with van der Waals surface area (Å²) in [5.74, 6) is -6.29. The monoisotopic (exact) mass is 844 g/mol. The van der Waals surface area contributed by atoms with Crippen molar-refractivity contribution in [2.45, 2.75) is 6.92 Å². The molecule has 0 aliphatic carbocycles. The molecule has 62 heavy (non-hydrogen) atoms. The number of ether oxygens (including phenoxy) is 3. The van der Waals surface area contributed by atoms with Crippen LogP contribution < -0.4 is 36.1 Å². The SMILES string of the molecule is CC#N.CO/C(=C\c1ccccc1)C(=O)Nc1ccc(C(=O)NCC(=O)Nc2ccc(C(=O)Nc3ccc(C(=O)Nc4ccc(C(=O)O)c(O)c4OC)c(O)c3OC)cc2)cc1. The molecule has 18 heteroatoms. The summed E-state index contributed by atoms with van der Waals surface area (Å²) in [5.41, 5.74) is 1.11. The van der Waals surface area contributed by atoms with Crippen LogP contribution in [0.4, 0.5) is 22.7 Å². The zero-order chi connectivity index (χ0) is 45.3. The van der Waals surface area contributed by atoms with E-state index in [9.17, 15) is 44.1 Å². The zero-order valence-corrected chi connectivity index (χ0v) is 33.6. The van der Waals surface area contributed by atoms with Crippen molar-refractivity contribution in [1.29, 1.82) is 5.26 Å². The maximum atomic E-state index is 13.1. The second-order valence-corrected chi connectivity index (χ2v) is 12.5. The number of nitrogens with zero attached hydrogens (tertiary/aromatic N) is 1. The van der Waals surface area contributed by atoms with Crippen molar-refractivity contribution in [3.63, 3.8) is 0 Å². The minimum Gasteiger partial charge on any atom is -0.504 e. The van der Waals surface area contributed by atoms with Gasteiger partial charge in [0, 0.05) is 29.4 Å². The van der Waals surface area contributed by atoms with Gasteiger partial charge in [0.15, 0.2) is 28.8 Å². The van der Waals surface area contributed by atoms with Crippen LogP contribution in [-0.4, -0.2) is 78.7 Å². The number of carboxylic acid groups (broad SMARTS) is 1. The van der Waals surface area contributed by atoms with E-state index in [1.165, 1.54) is 95.0 Å². The molecule has 5 amide bonds. The van der Waals surface area contributed by atoms with Crippen LogP contribution in [0.3, 0.4) is 0 Å². The van der Waals surface area contributed by atoms with Crippen LogP contribution in [0.25, 0.3) is 6.08 Å². The molecule has 0 atom stereocenters. The molecule has 18 nitrogen and oxygen atoms in total. The number of hydrogen-bond donors (Lipinski definition) is 8. The molecule has 0 aromatic heterocycles. The van der Waals surface area contributed by atoms with Crippen molar-refractivity contribution in [3.05, 3.63) is 137 Å². The smallest absolute Gasteiger partial charge is 0.339 e. The molecule has 5 rings (SSSR count). The predicted molar refractivity (Wildman–Crippen MR) is 227 cm³/mol. The first-order valence-corrected chi connectivity index (χ1v) is 18.1. The Balaban J connectivity index is 0.00000273. The van der Waals surface area contributed by atoms with E-state index < -0.39 is 52.6 Å². The number of benzene rings is 5. The maximum absolute atomic E-state index is 13.1. The number of phenolic OH excluding ortho intramolecular Hbond substituents is 1. The number of hydrogen-bond acceptors (Lipinski definition) is 12. The molecule has 8 N–H and O–H groups in total. The summed E-state index contributed by atoms with van der Waals surface area (Å²) >= 11 is 0. The lowest BCUT2D eigenvalue weighted by atomic mass is 10.1. The topological polar surface area (TPSA) is 275 Å². The van der Waals surface area contributed by atoms with Crippen LogP contribution in [0, 0.1) is 11.3 Å². The van der Waals surface area contributed by atoms with Crippen molar-refractivity contribution in [2.24, 2.45) is 0 Å². The van der Waals surface area contributed by atoms with Crippen molar-refractivity contribution in [2.75, 3.05) is 49.1 Å². The zero-order valence-electron chi connectivity index (χ0n) is 33.6. The first kappa shape index (κ1) is 45.8. The third-order valence-corrected chi connectivity index (χ3v) is 8.43. The van der Waals surface area contributed by atoms with Gasteiger partial charge in [-0.25, -0.2) is 4.79 Å². The van der Waals surface area contributed by atoms with Crippen molar-refractivity contribution in [3.8, 4) is 29.1 Å². The number of carboxylic acids is 1. The molecule has 0 bridgehead atoms. The maximum Gasteiger partial charge on any atom is 0.339 e. The molecular formula is C44H40N6O12. The van der Waals surface area contributed by atoms with Gasteiger partial charge in [-0.2, -0.15) is 5.26 Å². The molecule has 5 aromatic carbocycles. The number of nitriles is 1. The Morgan fingerprint density at radius 3 is 1.63 bits per heavy atom. The van der Waals surface area contributed by atoms with Gasteiger partial charge in [0.1, 0.15) is 5.56 Å². The number of nitrogens with one attached hydrogen (secondary N) is 5. The van der Waals surface area contributed by atoms with Gasteiger partial charge in [0.2, 0.25) is 5.91 Å². The number of phenols is 2. The third-order valence-electron chi connectivity index (χ3n) is 8.43. The van der Waals surface area contributed by atoms with E-state index in [2.05, 4.69) is 26.6 Å². The lowest BCUT2D eigenvalue weighted by Crippen LogP contribution is -2.32. The number of aromatic carboxylic acids is 1. The highest BCUT2D eigenvalue weighted by Crippen LogP contribution is 2.40. The Morgan fingerprint density at radius 2 is 1.11 bits per heavy atom. The minimum absolute atomic E-state index is 0.0105. The van der Waals surface area contributed by atoms with E-state index in [0.717, 1.165) is 11.6 Å². The summed E-state index contributed by atoms with van der Waals surface area (Å²) in [6.45, 7) is 1.06. The van der Waals surface area contributed by atoms with Gasteiger partial charge in [0.05, 0.1) is 50.9 Å². The van der Waals surface area contributed by atoms with Crippen LogP contribution in [0.5, 0.6) is 23.0 Å². The number of carbonyl (C=O) groups is 6. The summed E-state index contributed by atoms with van der Waals surface area (Å²) in [5, 5.41) is 50.6. The van der Waals surface area contributed by atoms with Crippen molar-refractivity contribution < 1.29 is 58.3 Å². The molecule has 0 radical (unpaired) electrons. The number of carbonyl (C=O) groups excluding carboxylic acids is 5. The molecular weight excluding hydrogens is 805 g/mol. The third kappa shape index (κ3) is 11.9. The number of anilines is 4. The summed E-state index contributed by atoms with van der Waals surface area (Å²) in [4.78, 5) is 75.5. The number of aromatic hydroxyl groups is 2. The quantitative estimate of drug-likeness (QED) is 0.0455. The molecule has 0 saturated carbocycles. The van der Waals surface area contributed by atoms with Crippen LogP contribution >= 0.6 is 0 Å². The van der Waals surface area contributed by atoms with E-state index in [1.807, 2.05) is 30.3 Å². The van der Waals surface area contributed by atoms with E-state index >= 15 is 0 Å². The van der Waals surface area contributed by atoms with Gasteiger partial charge in [-0.05, 0) is 84.4 Å². The summed E-state index contributed by atoms with van der Waals surface area (Å²) in [6, 6.07) is 27.5. The first-order chi connectivity index (χ1) is 29.7. The average molecular weight is 845 g/mol. The summed E-state index contributed by atoms with van der Waals surface area (Å²) in [6.07, 6.45) is 1.59. The van der Waals surface area contributed by atoms with Crippen LogP contribution in [0.15, 0.2) is 109 Å². The Labute approximate surface area is 354 Å². The molecule has 0 spiro atoms. The molecule has 0 aliphatic rings. The first-order valence-electron chi connectivity index (χ1n) is 18.1. The average Bonchev–Trinajstić information content (AvgIpc) is 3.26. The van der Waals surface area contributed by atoms with Crippen LogP contribution in [0.2, 0.25) is 0 Å². The largest absolute Gasteiger partial charge is 0.504 e. The molecule has 0 saturated heterocycles. The van der Waals surface area contributed by atoms with Crippen LogP contribution in [0.1, 0.15) is 53.9 Å². The Hall–Kier alpha value is -8.85. The van der Waals surface area contributed by atoms with E-state index in [4.69, 9.17) is 19.5 Å². The molecule has 0 heterocycles. The fourth-order valence-corrected chi connectivity index (χ4v) is 5.48. The Bertz CT molecular complexity index is 2540.